The number of benzene rings is 3. The third-order valence-corrected chi connectivity index (χ3v) is 6.68. The molecule has 1 N–H and O–H groups in total. The van der Waals surface area contributed by atoms with Gasteiger partial charge in [0.15, 0.2) is 0 Å². The molecule has 3 aromatic carbocycles. The first-order chi connectivity index (χ1) is 17.8. The smallest absolute Gasteiger partial charge is 0.295 e. The maximum Gasteiger partial charge on any atom is 0.295 e. The second-order valence-corrected chi connectivity index (χ2v) is 9.89. The minimum absolute atomic E-state index is 0.0817. The molecule has 1 amide bonds. The first kappa shape index (κ1) is 26.5. The van der Waals surface area contributed by atoms with Crippen LogP contribution in [0.4, 0.5) is 0 Å². The Morgan fingerprint density at radius 3 is 2.38 bits per heavy atom. The minimum atomic E-state index is -0.701. The summed E-state index contributed by atoms with van der Waals surface area (Å²) in [6.07, 6.45) is 0.691. The highest BCUT2D eigenvalue weighted by Crippen LogP contribution is 2.40. The van der Waals surface area contributed by atoms with Crippen molar-refractivity contribution in [2.24, 2.45) is 0 Å². The molecule has 1 saturated heterocycles. The molecule has 37 heavy (non-hydrogen) atoms. The average molecular weight is 519 g/mol. The number of ether oxygens (including phenoxy) is 1. The molecule has 1 aliphatic heterocycles. The lowest BCUT2D eigenvalue weighted by Gasteiger charge is -2.26. The Kier molecular flexibility index (Phi) is 8.31. The second-order valence-electron chi connectivity index (χ2n) is 9.45. The Morgan fingerprint density at radius 2 is 1.73 bits per heavy atom. The molecule has 0 bridgehead atoms. The van der Waals surface area contributed by atoms with Crippen LogP contribution in [0.2, 0.25) is 5.02 Å². The van der Waals surface area contributed by atoms with Crippen LogP contribution in [-0.4, -0.2) is 53.8 Å². The first-order valence-corrected chi connectivity index (χ1v) is 12.6. The number of carbonyl (C=O) groups is 2. The van der Waals surface area contributed by atoms with Gasteiger partial charge in [0.25, 0.3) is 11.7 Å². The van der Waals surface area contributed by atoms with E-state index in [9.17, 15) is 14.7 Å². The van der Waals surface area contributed by atoms with Gasteiger partial charge in [-0.05, 0) is 81.0 Å². The number of aliphatic hydroxyl groups is 1. The van der Waals surface area contributed by atoms with E-state index in [-0.39, 0.29) is 11.3 Å². The van der Waals surface area contributed by atoms with Crippen LogP contribution in [0.1, 0.15) is 34.7 Å². The van der Waals surface area contributed by atoms with Crippen LogP contribution in [0.5, 0.6) is 5.75 Å². The molecular weight excluding hydrogens is 488 g/mol. The van der Waals surface area contributed by atoms with Crippen LogP contribution in [-0.2, 0) is 16.2 Å². The molecule has 7 heteroatoms. The van der Waals surface area contributed by atoms with Gasteiger partial charge in [-0.3, -0.25) is 9.59 Å². The zero-order valence-electron chi connectivity index (χ0n) is 21.3. The van der Waals surface area contributed by atoms with Gasteiger partial charge in [0.1, 0.15) is 18.1 Å². The normalized spacial score (nSPS) is 17.0. The maximum atomic E-state index is 13.2. The van der Waals surface area contributed by atoms with Crippen molar-refractivity contribution in [3.05, 3.63) is 106 Å². The molecule has 0 aliphatic carbocycles. The number of rotatable bonds is 9. The Bertz CT molecular complexity index is 1300. The molecule has 0 spiro atoms. The van der Waals surface area contributed by atoms with Crippen LogP contribution >= 0.6 is 11.6 Å². The van der Waals surface area contributed by atoms with Gasteiger partial charge in [0.05, 0.1) is 11.6 Å². The Balaban J connectivity index is 1.68. The summed E-state index contributed by atoms with van der Waals surface area (Å²) in [6, 6.07) is 21.5. The number of likely N-dealkylation sites (tertiary alicyclic amines) is 1. The number of Topliss-reactive ketones (excluding diaryl/α,β-unsaturated/α-hetero) is 1. The monoisotopic (exact) mass is 518 g/mol. The standard InChI is InChI=1S/C30H31ClN2O4/c1-20-18-24(37-19-21-8-5-4-6-9-21)14-15-25(20)28(34)26-27(22-10-12-23(31)13-11-22)33(30(36)29(26)35)17-7-16-32(2)3/h4-6,8-15,18,27,34H,7,16-17,19H2,1-3H3/t27-/m1/s1. The lowest BCUT2D eigenvalue weighted by Crippen LogP contribution is -2.32. The number of hydrogen-bond acceptors (Lipinski definition) is 5. The van der Waals surface area contributed by atoms with Gasteiger partial charge in [0.2, 0.25) is 0 Å². The predicted molar refractivity (Wildman–Crippen MR) is 146 cm³/mol. The number of nitrogens with zero attached hydrogens (tertiary/aromatic N) is 2. The van der Waals surface area contributed by atoms with Crippen molar-refractivity contribution < 1.29 is 19.4 Å². The first-order valence-electron chi connectivity index (χ1n) is 12.2. The van der Waals surface area contributed by atoms with Crippen molar-refractivity contribution in [2.75, 3.05) is 27.2 Å². The number of aliphatic hydroxyl groups excluding tert-OH is 1. The van der Waals surface area contributed by atoms with Crippen molar-refractivity contribution in [1.82, 2.24) is 9.80 Å². The van der Waals surface area contributed by atoms with Crippen LogP contribution in [0.15, 0.2) is 78.4 Å². The fourth-order valence-electron chi connectivity index (χ4n) is 4.54. The topological polar surface area (TPSA) is 70.1 Å². The van der Waals surface area contributed by atoms with Crippen LogP contribution in [0, 0.1) is 6.92 Å². The predicted octanol–water partition coefficient (Wildman–Crippen LogP) is 5.60. The van der Waals surface area contributed by atoms with E-state index in [1.165, 1.54) is 0 Å². The highest BCUT2D eigenvalue weighted by atomic mass is 35.5. The molecular formula is C30H31ClN2O4. The number of halogens is 1. The summed E-state index contributed by atoms with van der Waals surface area (Å²) in [5, 5.41) is 12.0. The van der Waals surface area contributed by atoms with Crippen LogP contribution in [0.3, 0.4) is 0 Å². The summed E-state index contributed by atoms with van der Waals surface area (Å²) in [4.78, 5) is 29.9. The third-order valence-electron chi connectivity index (χ3n) is 6.43. The van der Waals surface area contributed by atoms with Crippen LogP contribution < -0.4 is 4.74 Å². The zero-order valence-corrected chi connectivity index (χ0v) is 22.0. The fourth-order valence-corrected chi connectivity index (χ4v) is 4.66. The largest absolute Gasteiger partial charge is 0.507 e. The molecule has 3 aromatic rings. The number of aryl methyl sites for hydroxylation is 1. The van der Waals surface area contributed by atoms with E-state index >= 15 is 0 Å². The van der Waals surface area contributed by atoms with Gasteiger partial charge in [-0.2, -0.15) is 0 Å². The van der Waals surface area contributed by atoms with Gasteiger partial charge in [-0.25, -0.2) is 0 Å². The van der Waals surface area contributed by atoms with E-state index in [0.29, 0.717) is 35.9 Å². The average Bonchev–Trinajstić information content (AvgIpc) is 3.13. The lowest BCUT2D eigenvalue weighted by atomic mass is 9.94. The van der Waals surface area contributed by atoms with Gasteiger partial charge >= 0.3 is 0 Å². The van der Waals surface area contributed by atoms with Crippen LogP contribution in [0.25, 0.3) is 5.76 Å². The number of carbonyl (C=O) groups excluding carboxylic acids is 2. The summed E-state index contributed by atoms with van der Waals surface area (Å²) in [6.45, 7) is 3.41. The number of amides is 1. The molecule has 192 valence electrons. The highest BCUT2D eigenvalue weighted by molar-refractivity contribution is 6.46. The highest BCUT2D eigenvalue weighted by Gasteiger charge is 2.45. The van der Waals surface area contributed by atoms with E-state index in [4.69, 9.17) is 16.3 Å². The lowest BCUT2D eigenvalue weighted by molar-refractivity contribution is -0.139. The number of hydrogen-bond donors (Lipinski definition) is 1. The zero-order chi connectivity index (χ0) is 26.5. The van der Waals surface area contributed by atoms with Gasteiger partial charge in [-0.1, -0.05) is 54.1 Å². The van der Waals surface area contributed by atoms with Crippen molar-refractivity contribution >= 4 is 29.1 Å². The van der Waals surface area contributed by atoms with Gasteiger partial charge in [-0.15, -0.1) is 0 Å². The quantitative estimate of drug-likeness (QED) is 0.227. The van der Waals surface area contributed by atoms with Gasteiger partial charge in [0, 0.05) is 17.1 Å². The Hall–Kier alpha value is -3.61. The third kappa shape index (κ3) is 6.04. The molecule has 4 rings (SSSR count). The van der Waals surface area contributed by atoms with Crippen molar-refractivity contribution in [1.29, 1.82) is 0 Å². The molecule has 1 aliphatic rings. The number of ketones is 1. The van der Waals surface area contributed by atoms with E-state index in [0.717, 1.165) is 23.2 Å². The van der Waals surface area contributed by atoms with E-state index in [1.54, 1.807) is 41.3 Å². The summed E-state index contributed by atoms with van der Waals surface area (Å²) in [5.74, 6) is -0.844. The molecule has 1 heterocycles. The van der Waals surface area contributed by atoms with E-state index < -0.39 is 17.7 Å². The summed E-state index contributed by atoms with van der Waals surface area (Å²) in [5.41, 5.74) is 3.06. The van der Waals surface area contributed by atoms with Crippen molar-refractivity contribution in [3.63, 3.8) is 0 Å². The molecule has 1 fully saturated rings. The minimum Gasteiger partial charge on any atom is -0.507 e. The maximum absolute atomic E-state index is 13.2. The molecule has 1 atom stereocenters. The second kappa shape index (κ2) is 11.6. The van der Waals surface area contributed by atoms with E-state index in [2.05, 4.69) is 0 Å². The SMILES string of the molecule is Cc1cc(OCc2ccccc2)ccc1C(O)=C1C(=O)C(=O)N(CCCN(C)C)[C@@H]1c1ccc(Cl)cc1. The van der Waals surface area contributed by atoms with E-state index in [1.807, 2.05) is 62.3 Å². The van der Waals surface area contributed by atoms with Crippen molar-refractivity contribution in [3.8, 4) is 5.75 Å². The molecule has 6 nitrogen and oxygen atoms in total. The molecule has 0 aromatic heterocycles. The van der Waals surface area contributed by atoms with Gasteiger partial charge < -0.3 is 19.6 Å². The molecule has 0 unspecified atom stereocenters. The fraction of sp³-hybridized carbons (Fsp3) is 0.267. The Labute approximate surface area is 222 Å². The van der Waals surface area contributed by atoms with Crippen molar-refractivity contribution in [2.45, 2.75) is 26.0 Å². The summed E-state index contributed by atoms with van der Waals surface area (Å²) in [7, 11) is 3.92. The summed E-state index contributed by atoms with van der Waals surface area (Å²) < 4.78 is 5.91. The Morgan fingerprint density at radius 1 is 1.03 bits per heavy atom. The molecule has 0 radical (unpaired) electrons. The molecule has 0 saturated carbocycles. The summed E-state index contributed by atoms with van der Waals surface area (Å²) >= 11 is 6.10.